The molecule has 1 unspecified atom stereocenters. The zero-order chi connectivity index (χ0) is 13.4. The Morgan fingerprint density at radius 1 is 1.06 bits per heavy atom. The van der Waals surface area contributed by atoms with Gasteiger partial charge in [0, 0.05) is 39.3 Å². The molecule has 1 atom stereocenters. The highest BCUT2D eigenvalue weighted by Gasteiger charge is 2.27. The van der Waals surface area contributed by atoms with Crippen LogP contribution in [0.15, 0.2) is 0 Å². The standard InChI is InChI=1S/C10H20N4O4/c15-9(16)7-8(10(17)18)14-6-5-12-2-1-11-3-4-13-14/h8,11-13H,1-7H2,(H,15,16)(H,17,18). The molecule has 0 radical (unpaired) electrons. The van der Waals surface area contributed by atoms with Crippen LogP contribution in [0.2, 0.25) is 0 Å². The Labute approximate surface area is 105 Å². The third-order valence-electron chi connectivity index (χ3n) is 2.65. The number of nitrogens with one attached hydrogen (secondary N) is 3. The molecule has 8 heteroatoms. The Kier molecular flexibility index (Phi) is 6.58. The van der Waals surface area contributed by atoms with Crippen molar-refractivity contribution in [2.45, 2.75) is 12.5 Å². The first-order valence-electron chi connectivity index (χ1n) is 5.97. The number of hydrazine groups is 1. The van der Waals surface area contributed by atoms with Crippen LogP contribution in [-0.4, -0.2) is 72.5 Å². The lowest BCUT2D eigenvalue weighted by molar-refractivity contribution is -0.151. The number of carboxylic acids is 2. The Morgan fingerprint density at radius 3 is 2.28 bits per heavy atom. The zero-order valence-corrected chi connectivity index (χ0v) is 10.2. The number of hydrogen-bond acceptors (Lipinski definition) is 6. The predicted molar refractivity (Wildman–Crippen MR) is 64.1 cm³/mol. The number of nitrogens with zero attached hydrogens (tertiary/aromatic N) is 1. The molecule has 1 rings (SSSR count). The van der Waals surface area contributed by atoms with Crippen LogP contribution in [0.4, 0.5) is 0 Å². The average molecular weight is 260 g/mol. The van der Waals surface area contributed by atoms with Gasteiger partial charge in [-0.3, -0.25) is 15.0 Å². The fraction of sp³-hybridized carbons (Fsp3) is 0.800. The molecule has 0 spiro atoms. The van der Waals surface area contributed by atoms with Gasteiger partial charge in [0.05, 0.1) is 6.42 Å². The van der Waals surface area contributed by atoms with Gasteiger partial charge in [-0.05, 0) is 0 Å². The molecule has 1 aliphatic heterocycles. The lowest BCUT2D eigenvalue weighted by Crippen LogP contribution is -2.55. The molecular formula is C10H20N4O4. The van der Waals surface area contributed by atoms with Crippen molar-refractivity contribution in [1.82, 2.24) is 21.1 Å². The molecule has 5 N–H and O–H groups in total. The third-order valence-corrected chi connectivity index (χ3v) is 2.65. The van der Waals surface area contributed by atoms with Gasteiger partial charge < -0.3 is 20.8 Å². The summed E-state index contributed by atoms with van der Waals surface area (Å²) in [5.41, 5.74) is 2.96. The second-order valence-corrected chi connectivity index (χ2v) is 4.05. The Hall–Kier alpha value is -1.22. The summed E-state index contributed by atoms with van der Waals surface area (Å²) in [6.45, 7) is 4.01. The molecule has 1 fully saturated rings. The van der Waals surface area contributed by atoms with Crippen LogP contribution >= 0.6 is 0 Å². The van der Waals surface area contributed by atoms with Gasteiger partial charge in [-0.2, -0.15) is 0 Å². The van der Waals surface area contributed by atoms with Crippen LogP contribution in [-0.2, 0) is 9.59 Å². The van der Waals surface area contributed by atoms with E-state index in [1.165, 1.54) is 5.01 Å². The van der Waals surface area contributed by atoms with Crippen molar-refractivity contribution in [1.29, 1.82) is 0 Å². The number of carboxylic acid groups (broad SMARTS) is 2. The van der Waals surface area contributed by atoms with Gasteiger partial charge in [0.15, 0.2) is 0 Å². The van der Waals surface area contributed by atoms with E-state index in [1.807, 2.05) is 0 Å². The minimum atomic E-state index is -1.13. The summed E-state index contributed by atoms with van der Waals surface area (Å²) in [5, 5.41) is 25.6. The summed E-state index contributed by atoms with van der Waals surface area (Å²) in [5.74, 6) is -2.25. The van der Waals surface area contributed by atoms with Crippen LogP contribution in [0.1, 0.15) is 6.42 Å². The summed E-state index contributed by atoms with van der Waals surface area (Å²) in [4.78, 5) is 21.8. The lowest BCUT2D eigenvalue weighted by Gasteiger charge is -2.29. The van der Waals surface area contributed by atoms with E-state index in [1.54, 1.807) is 0 Å². The summed E-state index contributed by atoms with van der Waals surface area (Å²) >= 11 is 0. The van der Waals surface area contributed by atoms with Crippen molar-refractivity contribution >= 4 is 11.9 Å². The SMILES string of the molecule is O=C(O)CC(C(=O)O)N1CCNCCNCCN1. The summed E-state index contributed by atoms with van der Waals surface area (Å²) in [6.07, 6.45) is -0.421. The van der Waals surface area contributed by atoms with Gasteiger partial charge in [0.25, 0.3) is 0 Å². The molecule has 0 aliphatic carbocycles. The smallest absolute Gasteiger partial charge is 0.322 e. The highest BCUT2D eigenvalue weighted by Crippen LogP contribution is 2.02. The summed E-state index contributed by atoms with van der Waals surface area (Å²) in [7, 11) is 0. The van der Waals surface area contributed by atoms with Crippen LogP contribution in [0.25, 0.3) is 0 Å². The maximum Gasteiger partial charge on any atom is 0.322 e. The van der Waals surface area contributed by atoms with Gasteiger partial charge in [-0.1, -0.05) is 0 Å². The summed E-state index contributed by atoms with van der Waals surface area (Å²) < 4.78 is 0. The highest BCUT2D eigenvalue weighted by molar-refractivity contribution is 5.80. The van der Waals surface area contributed by atoms with E-state index in [9.17, 15) is 9.59 Å². The second kappa shape index (κ2) is 7.98. The number of carbonyl (C=O) groups is 2. The predicted octanol–water partition coefficient (Wildman–Crippen LogP) is -2.09. The second-order valence-electron chi connectivity index (χ2n) is 4.05. The molecule has 0 aromatic carbocycles. The molecule has 0 amide bonds. The van der Waals surface area contributed by atoms with Crippen LogP contribution in [0, 0.1) is 0 Å². The van der Waals surface area contributed by atoms with E-state index in [2.05, 4.69) is 16.1 Å². The molecule has 1 heterocycles. The van der Waals surface area contributed by atoms with Crippen molar-refractivity contribution in [3.05, 3.63) is 0 Å². The van der Waals surface area contributed by atoms with Gasteiger partial charge in [-0.25, -0.2) is 5.01 Å². The first-order chi connectivity index (χ1) is 8.61. The number of hydrogen-bond donors (Lipinski definition) is 5. The van der Waals surface area contributed by atoms with Gasteiger partial charge >= 0.3 is 11.9 Å². The Balaban J connectivity index is 2.59. The van der Waals surface area contributed by atoms with Crippen LogP contribution < -0.4 is 16.1 Å². The molecule has 104 valence electrons. The van der Waals surface area contributed by atoms with Crippen molar-refractivity contribution in [2.75, 3.05) is 39.3 Å². The fourth-order valence-corrected chi connectivity index (χ4v) is 1.76. The van der Waals surface area contributed by atoms with Crippen LogP contribution in [0.5, 0.6) is 0 Å². The lowest BCUT2D eigenvalue weighted by atomic mass is 10.2. The molecule has 0 bridgehead atoms. The van der Waals surface area contributed by atoms with E-state index in [0.29, 0.717) is 26.2 Å². The normalized spacial score (nSPS) is 21.1. The van der Waals surface area contributed by atoms with Gasteiger partial charge in [0.1, 0.15) is 6.04 Å². The van der Waals surface area contributed by atoms with E-state index in [4.69, 9.17) is 10.2 Å². The summed E-state index contributed by atoms with van der Waals surface area (Å²) in [6, 6.07) is -1.05. The van der Waals surface area contributed by atoms with Crippen molar-refractivity contribution in [3.63, 3.8) is 0 Å². The quantitative estimate of drug-likeness (QED) is 0.391. The third kappa shape index (κ3) is 5.41. The monoisotopic (exact) mass is 260 g/mol. The Bertz CT molecular complexity index is 277. The van der Waals surface area contributed by atoms with Gasteiger partial charge in [-0.15, -0.1) is 0 Å². The highest BCUT2D eigenvalue weighted by atomic mass is 16.4. The molecule has 0 aromatic rings. The first-order valence-corrected chi connectivity index (χ1v) is 5.97. The van der Waals surface area contributed by atoms with Crippen LogP contribution in [0.3, 0.4) is 0 Å². The molecule has 8 nitrogen and oxygen atoms in total. The van der Waals surface area contributed by atoms with Crippen molar-refractivity contribution in [3.8, 4) is 0 Å². The zero-order valence-electron chi connectivity index (χ0n) is 10.2. The Morgan fingerprint density at radius 2 is 1.67 bits per heavy atom. The van der Waals surface area contributed by atoms with E-state index < -0.39 is 24.4 Å². The first kappa shape index (κ1) is 14.8. The minimum Gasteiger partial charge on any atom is -0.481 e. The average Bonchev–Trinajstić information content (AvgIpc) is 2.32. The number of aliphatic carboxylic acids is 2. The van der Waals surface area contributed by atoms with Gasteiger partial charge in [0.2, 0.25) is 0 Å². The maximum absolute atomic E-state index is 11.1. The minimum absolute atomic E-state index is 0.421. The van der Waals surface area contributed by atoms with Crippen molar-refractivity contribution < 1.29 is 19.8 Å². The topological polar surface area (TPSA) is 114 Å². The van der Waals surface area contributed by atoms with E-state index in [0.717, 1.165) is 13.1 Å². The van der Waals surface area contributed by atoms with E-state index >= 15 is 0 Å². The number of rotatable bonds is 4. The van der Waals surface area contributed by atoms with Crippen molar-refractivity contribution in [2.24, 2.45) is 0 Å². The molecule has 0 saturated carbocycles. The molecule has 1 saturated heterocycles. The maximum atomic E-state index is 11.1. The fourth-order valence-electron chi connectivity index (χ4n) is 1.76. The molecule has 0 aromatic heterocycles. The molecular weight excluding hydrogens is 240 g/mol. The molecule has 1 aliphatic rings. The largest absolute Gasteiger partial charge is 0.481 e. The molecule has 18 heavy (non-hydrogen) atoms. The van der Waals surface area contributed by atoms with E-state index in [-0.39, 0.29) is 0 Å².